The van der Waals surface area contributed by atoms with Crippen LogP contribution in [0.15, 0.2) is 24.3 Å². The van der Waals surface area contributed by atoms with Crippen LogP contribution >= 0.6 is 79.6 Å². The van der Waals surface area contributed by atoms with Gasteiger partial charge in [0.2, 0.25) is 0 Å². The lowest BCUT2D eigenvalue weighted by Crippen LogP contribution is -2.56. The average Bonchev–Trinajstić information content (AvgIpc) is 2.28. The fraction of sp³-hybridized carbons (Fsp3) is 0.500. The lowest BCUT2D eigenvalue weighted by Gasteiger charge is -2.55. The predicted octanol–water partition coefficient (Wildman–Crippen LogP) is 5.66. The van der Waals surface area contributed by atoms with Gasteiger partial charge in [-0.1, -0.05) is 104 Å². The van der Waals surface area contributed by atoms with E-state index in [0.29, 0.717) is 26.3 Å². The number of halogens is 5. The van der Waals surface area contributed by atoms with Gasteiger partial charge < -0.3 is 0 Å². The van der Waals surface area contributed by atoms with E-state index in [4.69, 9.17) is 0 Å². The van der Waals surface area contributed by atoms with Gasteiger partial charge in [0.1, 0.15) is 3.23 Å². The highest BCUT2D eigenvalue weighted by molar-refractivity contribution is 9.26. The first-order valence-electron chi connectivity index (χ1n) is 5.35. The highest BCUT2D eigenvalue weighted by atomic mass is 79.9. The number of rotatable bonds is 0. The molecule has 4 rings (SSSR count). The van der Waals surface area contributed by atoms with Gasteiger partial charge in [-0.15, -0.1) is 0 Å². The SMILES string of the molecule is Br[C@@H]1[C@H](Br)[C@@H]2c3ccccc3[C@H]1C(Br)(Br)[C@H]2Br. The van der Waals surface area contributed by atoms with E-state index in [1.807, 2.05) is 0 Å². The van der Waals surface area contributed by atoms with Gasteiger partial charge >= 0.3 is 0 Å². The third-order valence-electron chi connectivity index (χ3n) is 3.75. The zero-order valence-corrected chi connectivity index (χ0v) is 16.5. The van der Waals surface area contributed by atoms with Crippen molar-refractivity contribution in [3.05, 3.63) is 35.4 Å². The van der Waals surface area contributed by atoms with Crippen molar-refractivity contribution < 1.29 is 0 Å². The molecule has 0 nitrogen and oxygen atoms in total. The van der Waals surface area contributed by atoms with Crippen molar-refractivity contribution in [3.8, 4) is 0 Å². The number of hydrogen-bond donors (Lipinski definition) is 0. The molecule has 0 unspecified atom stereocenters. The number of fused-ring (bicyclic) bond motifs is 2. The van der Waals surface area contributed by atoms with Crippen molar-refractivity contribution in [2.24, 2.45) is 0 Å². The largest absolute Gasteiger partial charge is 0.101 e. The van der Waals surface area contributed by atoms with Gasteiger partial charge in [-0.25, -0.2) is 0 Å². The van der Waals surface area contributed by atoms with Crippen molar-refractivity contribution in [1.82, 2.24) is 0 Å². The topological polar surface area (TPSA) is 0 Å². The van der Waals surface area contributed by atoms with Gasteiger partial charge in [0.15, 0.2) is 0 Å². The van der Waals surface area contributed by atoms with Gasteiger partial charge in [0, 0.05) is 26.3 Å². The minimum Gasteiger partial charge on any atom is -0.0871 e. The van der Waals surface area contributed by atoms with Crippen LogP contribution in [0.3, 0.4) is 0 Å². The molecule has 0 saturated heterocycles. The summed E-state index contributed by atoms with van der Waals surface area (Å²) >= 11 is 19.3. The first-order valence-corrected chi connectivity index (χ1v) is 9.68. The Hall–Kier alpha value is 1.62. The lowest BCUT2D eigenvalue weighted by molar-refractivity contribution is 0.402. The summed E-state index contributed by atoms with van der Waals surface area (Å²) in [5.74, 6) is 0.858. The summed E-state index contributed by atoms with van der Waals surface area (Å²) in [6, 6.07) is 8.76. The number of hydrogen-bond acceptors (Lipinski definition) is 0. The second-order valence-corrected chi connectivity index (χ2v) is 11.4. The van der Waals surface area contributed by atoms with E-state index in [9.17, 15) is 0 Å². The van der Waals surface area contributed by atoms with Crippen molar-refractivity contribution >= 4 is 79.6 Å². The molecule has 0 spiro atoms. The smallest absolute Gasteiger partial charge is 0.0871 e. The Morgan fingerprint density at radius 3 is 2.12 bits per heavy atom. The molecule has 0 N–H and O–H groups in total. The molecule has 0 heterocycles. The van der Waals surface area contributed by atoms with Crippen molar-refractivity contribution in [3.63, 3.8) is 0 Å². The minimum atomic E-state index is -0.0859. The Morgan fingerprint density at radius 1 is 0.882 bits per heavy atom. The molecule has 1 fully saturated rings. The van der Waals surface area contributed by atoms with E-state index in [0.717, 1.165) is 0 Å². The molecule has 1 aromatic rings. The molecule has 5 heteroatoms. The summed E-state index contributed by atoms with van der Waals surface area (Å²) in [5, 5.41) is 0. The summed E-state index contributed by atoms with van der Waals surface area (Å²) < 4.78 is -0.0859. The second-order valence-electron chi connectivity index (χ2n) is 4.60. The quantitative estimate of drug-likeness (QED) is 0.365. The van der Waals surface area contributed by atoms with E-state index in [-0.39, 0.29) is 3.23 Å². The molecule has 92 valence electrons. The van der Waals surface area contributed by atoms with E-state index in [2.05, 4.69) is 104 Å². The first-order chi connectivity index (χ1) is 7.96. The molecule has 3 aliphatic carbocycles. The van der Waals surface area contributed by atoms with Crippen LogP contribution in [0.2, 0.25) is 0 Å². The summed E-state index contributed by atoms with van der Waals surface area (Å²) in [5.41, 5.74) is 2.91. The highest BCUT2D eigenvalue weighted by Gasteiger charge is 2.60. The van der Waals surface area contributed by atoms with E-state index >= 15 is 0 Å². The number of benzene rings is 1. The molecule has 2 bridgehead atoms. The fourth-order valence-corrected chi connectivity index (χ4v) is 8.55. The van der Waals surface area contributed by atoms with Crippen LogP contribution in [-0.2, 0) is 0 Å². The van der Waals surface area contributed by atoms with Crippen molar-refractivity contribution in [2.75, 3.05) is 0 Å². The van der Waals surface area contributed by atoms with Gasteiger partial charge in [-0.3, -0.25) is 0 Å². The first kappa shape index (κ1) is 13.6. The monoisotopic (exact) mass is 548 g/mol. The zero-order chi connectivity index (χ0) is 12.4. The Morgan fingerprint density at radius 2 is 1.47 bits per heavy atom. The maximum Gasteiger partial charge on any atom is 0.101 e. The third-order valence-corrected chi connectivity index (χ3v) is 11.2. The molecule has 1 aromatic carbocycles. The maximum atomic E-state index is 3.87. The van der Waals surface area contributed by atoms with Crippen molar-refractivity contribution in [1.29, 1.82) is 0 Å². The summed E-state index contributed by atoms with van der Waals surface area (Å²) in [6.45, 7) is 0. The fourth-order valence-electron chi connectivity index (χ4n) is 2.97. The molecule has 0 amide bonds. The Kier molecular flexibility index (Phi) is 3.66. The molecule has 17 heavy (non-hydrogen) atoms. The number of alkyl halides is 5. The standard InChI is InChI=1S/C12H9Br5/c13-9-7-5-3-1-2-4-6(5)8(10(9)14)12(16,17)11(7)15/h1-4,7-11H/t7-,8+,9+,10-,11-/m0/s1. The normalized spacial score (nSPS) is 42.3. The lowest BCUT2D eigenvalue weighted by atomic mass is 9.66. The Labute approximate surface area is 143 Å². The summed E-state index contributed by atoms with van der Waals surface area (Å²) in [6.07, 6.45) is 0. The van der Waals surface area contributed by atoms with Crippen LogP contribution in [-0.4, -0.2) is 17.7 Å². The van der Waals surface area contributed by atoms with Gasteiger partial charge in [0.25, 0.3) is 0 Å². The maximum absolute atomic E-state index is 3.87. The molecule has 1 saturated carbocycles. The van der Waals surface area contributed by atoms with E-state index in [1.54, 1.807) is 0 Å². The average molecular weight is 553 g/mol. The predicted molar refractivity (Wildman–Crippen MR) is 90.7 cm³/mol. The molecule has 5 atom stereocenters. The van der Waals surface area contributed by atoms with Gasteiger partial charge in [-0.2, -0.15) is 0 Å². The highest BCUT2D eigenvalue weighted by Crippen LogP contribution is 2.65. The molecular formula is C12H9Br5. The van der Waals surface area contributed by atoms with Gasteiger partial charge in [-0.05, 0) is 11.1 Å². The third kappa shape index (κ3) is 1.82. The van der Waals surface area contributed by atoms with Crippen LogP contribution in [0, 0.1) is 0 Å². The Bertz CT molecular complexity index is 458. The molecule has 0 aliphatic heterocycles. The van der Waals surface area contributed by atoms with Crippen LogP contribution in [0.25, 0.3) is 0 Å². The van der Waals surface area contributed by atoms with Crippen LogP contribution < -0.4 is 0 Å². The zero-order valence-electron chi connectivity index (χ0n) is 8.59. The van der Waals surface area contributed by atoms with E-state index < -0.39 is 0 Å². The van der Waals surface area contributed by atoms with Crippen LogP contribution in [0.4, 0.5) is 0 Å². The molecular weight excluding hydrogens is 544 g/mol. The molecule has 0 aromatic heterocycles. The van der Waals surface area contributed by atoms with Crippen LogP contribution in [0.1, 0.15) is 23.0 Å². The van der Waals surface area contributed by atoms with Crippen molar-refractivity contribution in [2.45, 2.75) is 29.6 Å². The minimum absolute atomic E-state index is 0.0859. The molecule has 3 aliphatic rings. The van der Waals surface area contributed by atoms with Crippen LogP contribution in [0.5, 0.6) is 0 Å². The molecule has 0 radical (unpaired) electrons. The summed E-state index contributed by atoms with van der Waals surface area (Å²) in [4.78, 5) is 1.25. The Balaban J connectivity index is 2.25. The second kappa shape index (κ2) is 4.57. The summed E-state index contributed by atoms with van der Waals surface area (Å²) in [7, 11) is 0. The van der Waals surface area contributed by atoms with E-state index in [1.165, 1.54) is 11.1 Å². The van der Waals surface area contributed by atoms with Gasteiger partial charge in [0.05, 0.1) is 0 Å².